The molecule has 8 nitrogen and oxygen atoms in total. The van der Waals surface area contributed by atoms with Crippen LogP contribution in [0.5, 0.6) is 6.01 Å². The van der Waals surface area contributed by atoms with Crippen molar-refractivity contribution in [2.24, 2.45) is 0 Å². The van der Waals surface area contributed by atoms with Crippen LogP contribution >= 0.6 is 32.2 Å². The molecule has 2 aromatic rings. The van der Waals surface area contributed by atoms with Crippen molar-refractivity contribution in [1.29, 1.82) is 0 Å². The van der Waals surface area contributed by atoms with Gasteiger partial charge < -0.3 is 14.2 Å². The number of fused-ring (bicyclic) bond motifs is 1. The van der Waals surface area contributed by atoms with Gasteiger partial charge in [-0.1, -0.05) is 11.6 Å². The van der Waals surface area contributed by atoms with Crippen LogP contribution in [0.15, 0.2) is 6.07 Å². The van der Waals surface area contributed by atoms with E-state index in [4.69, 9.17) is 30.0 Å². The molecule has 1 saturated heterocycles. The molecule has 11 heteroatoms. The fourth-order valence-corrected chi connectivity index (χ4v) is 7.90. The van der Waals surface area contributed by atoms with Crippen LogP contribution in [0.4, 0.5) is 0 Å². The zero-order valence-electron chi connectivity index (χ0n) is 24.1. The number of aryl methyl sites for hydroxylation is 1. The minimum absolute atomic E-state index is 0.174. The van der Waals surface area contributed by atoms with Crippen LogP contribution in [0.2, 0.25) is 5.02 Å². The van der Waals surface area contributed by atoms with Crippen LogP contribution in [-0.2, 0) is 20.4 Å². The van der Waals surface area contributed by atoms with Gasteiger partial charge in [0.05, 0.1) is 51.7 Å². The molecule has 1 fully saturated rings. The van der Waals surface area contributed by atoms with Crippen molar-refractivity contribution in [3.05, 3.63) is 16.8 Å². The number of nitrogens with zero attached hydrogens (tertiary/aromatic N) is 3. The van der Waals surface area contributed by atoms with E-state index in [1.165, 1.54) is 0 Å². The van der Waals surface area contributed by atoms with E-state index in [-0.39, 0.29) is 21.7 Å². The van der Waals surface area contributed by atoms with E-state index < -0.39 is 20.6 Å². The topological polar surface area (TPSA) is 87.9 Å². The third-order valence-electron chi connectivity index (χ3n) is 6.30. The van der Waals surface area contributed by atoms with Crippen molar-refractivity contribution in [1.82, 2.24) is 14.5 Å². The number of pyridine rings is 1. The zero-order valence-corrected chi connectivity index (χ0v) is 26.5. The number of aromatic nitrogens is 3. The lowest BCUT2D eigenvalue weighted by molar-refractivity contribution is 0.0557. The van der Waals surface area contributed by atoms with Gasteiger partial charge in [0.25, 0.3) is 0 Å². The first-order valence-electron chi connectivity index (χ1n) is 12.7. The second-order valence-electron chi connectivity index (χ2n) is 12.5. The fourth-order valence-electron chi connectivity index (χ4n) is 4.24. The van der Waals surface area contributed by atoms with Crippen molar-refractivity contribution in [3.63, 3.8) is 0 Å². The number of ether oxygens (including phenoxy) is 3. The molecule has 3 rings (SSSR count). The Bertz CT molecular complexity index is 1060. The summed E-state index contributed by atoms with van der Waals surface area (Å²) >= 11 is 6.38. The van der Waals surface area contributed by atoms with Gasteiger partial charge in [0.15, 0.2) is 5.65 Å². The first kappa shape index (κ1) is 30.8. The second kappa shape index (κ2) is 11.4. The van der Waals surface area contributed by atoms with Gasteiger partial charge in [0.1, 0.15) is 12.8 Å². The molecule has 0 radical (unpaired) electrons. The van der Waals surface area contributed by atoms with E-state index in [9.17, 15) is 4.55 Å². The van der Waals surface area contributed by atoms with E-state index in [0.29, 0.717) is 49.7 Å². The number of hydrogen-bond acceptors (Lipinski definition) is 7. The molecule has 0 aliphatic carbocycles. The van der Waals surface area contributed by atoms with Crippen LogP contribution in [0, 0.1) is 6.92 Å². The predicted octanol–water partition coefficient (Wildman–Crippen LogP) is 6.40. The molecular formula is C26H46ClN3O5S2. The third kappa shape index (κ3) is 7.47. The van der Waals surface area contributed by atoms with E-state index in [2.05, 4.69) is 28.7 Å². The number of hydrogen-bond donors (Lipinski definition) is 1. The molecule has 1 N–H and O–H groups in total. The fraction of sp³-hybridized carbons (Fsp3) is 0.769. The Kier molecular flexibility index (Phi) is 9.48. The first-order chi connectivity index (χ1) is 16.9. The normalized spacial score (nSPS) is 20.5. The van der Waals surface area contributed by atoms with E-state index >= 15 is 0 Å². The summed E-state index contributed by atoms with van der Waals surface area (Å²) in [5.74, 6) is 1.02. The van der Waals surface area contributed by atoms with Crippen LogP contribution in [0.25, 0.3) is 11.2 Å². The van der Waals surface area contributed by atoms with Crippen LogP contribution in [0.1, 0.15) is 53.7 Å². The van der Waals surface area contributed by atoms with E-state index in [1.807, 2.05) is 59.1 Å². The Morgan fingerprint density at radius 3 is 2.38 bits per heavy atom. The van der Waals surface area contributed by atoms with Gasteiger partial charge >= 0.3 is 6.01 Å². The van der Waals surface area contributed by atoms with E-state index in [1.54, 1.807) is 0 Å². The second-order valence-corrected chi connectivity index (χ2v) is 21.3. The minimum Gasteiger partial charge on any atom is -0.459 e. The van der Waals surface area contributed by atoms with Crippen LogP contribution in [0.3, 0.4) is 0 Å². The van der Waals surface area contributed by atoms with Gasteiger partial charge in [0, 0.05) is 12.2 Å². The molecule has 0 unspecified atom stereocenters. The van der Waals surface area contributed by atoms with Crippen molar-refractivity contribution in [2.75, 3.05) is 44.3 Å². The minimum atomic E-state index is -2.36. The maximum atomic E-state index is 11.5. The molecule has 0 spiro atoms. The summed E-state index contributed by atoms with van der Waals surface area (Å²) in [6.07, 6.45) is 7.08. The Morgan fingerprint density at radius 1 is 1.14 bits per heavy atom. The van der Waals surface area contributed by atoms with Crippen LogP contribution in [-0.4, -0.2) is 85.1 Å². The highest BCUT2D eigenvalue weighted by molar-refractivity contribution is 8.32. The molecule has 1 aliphatic rings. The SMILES string of the molecule is Cc1nc2nc(O[C@@H]3CO[C@H](COS(O)(C(C)(C)C)C(C)(C)C)C3)n(COCCS(C)(C)C)c2cc1Cl. The third-order valence-corrected chi connectivity index (χ3v) is 11.9. The van der Waals surface area contributed by atoms with Gasteiger partial charge in [0.2, 0.25) is 0 Å². The van der Waals surface area contributed by atoms with Gasteiger partial charge in [-0.05, 0) is 73.3 Å². The van der Waals surface area contributed by atoms with Crippen LogP contribution < -0.4 is 4.74 Å². The highest BCUT2D eigenvalue weighted by atomic mass is 35.5. The van der Waals surface area contributed by atoms with Gasteiger partial charge in [-0.3, -0.25) is 13.3 Å². The molecule has 214 valence electrons. The predicted molar refractivity (Wildman–Crippen MR) is 158 cm³/mol. The molecule has 0 saturated carbocycles. The Labute approximate surface area is 230 Å². The monoisotopic (exact) mass is 579 g/mol. The lowest BCUT2D eigenvalue weighted by atomic mass is 10.2. The van der Waals surface area contributed by atoms with Crippen molar-refractivity contribution < 1.29 is 22.9 Å². The largest absolute Gasteiger partial charge is 0.459 e. The molecule has 0 aromatic carbocycles. The van der Waals surface area contributed by atoms with Crippen molar-refractivity contribution >= 4 is 43.4 Å². The average Bonchev–Trinajstić information content (AvgIpc) is 3.32. The summed E-state index contributed by atoms with van der Waals surface area (Å²) in [6, 6.07) is 2.30. The Hall–Kier alpha value is -0.750. The van der Waals surface area contributed by atoms with Crippen molar-refractivity contribution in [2.45, 2.75) is 83.3 Å². The highest BCUT2D eigenvalue weighted by Gasteiger charge is 2.43. The maximum Gasteiger partial charge on any atom is 0.301 e. The summed E-state index contributed by atoms with van der Waals surface area (Å²) in [5, 5.41) is 0.577. The Balaban J connectivity index is 1.71. The summed E-state index contributed by atoms with van der Waals surface area (Å²) < 4.78 is 37.2. The molecule has 1 aliphatic heterocycles. The molecule has 3 heterocycles. The molecule has 37 heavy (non-hydrogen) atoms. The molecule has 2 aromatic heterocycles. The zero-order chi connectivity index (χ0) is 27.8. The molecule has 0 amide bonds. The molecule has 2 atom stereocenters. The standard InChI is InChI=1S/C26H46ClN3O5S2/c1-18-21(27)14-22-23(28-18)29-24(30(22)17-32-11-12-36(8,9)10)35-20-13-19(33-15-20)16-34-37(31,25(2,3)4)26(5,6)7/h14,19-20,31H,11-13,15-17H2,1-10H3/t19-,20-/m0/s1. The number of imidazole rings is 1. The smallest absolute Gasteiger partial charge is 0.301 e. The van der Waals surface area contributed by atoms with Gasteiger partial charge in [-0.15, -0.1) is 0 Å². The lowest BCUT2D eigenvalue weighted by Crippen LogP contribution is -2.40. The van der Waals surface area contributed by atoms with Crippen molar-refractivity contribution in [3.8, 4) is 6.01 Å². The molecule has 0 bridgehead atoms. The quantitative estimate of drug-likeness (QED) is 0.326. The Morgan fingerprint density at radius 2 is 1.78 bits per heavy atom. The number of rotatable bonds is 10. The highest BCUT2D eigenvalue weighted by Crippen LogP contribution is 2.65. The first-order valence-corrected chi connectivity index (χ1v) is 17.6. The molecular weight excluding hydrogens is 534 g/mol. The maximum absolute atomic E-state index is 11.5. The summed E-state index contributed by atoms with van der Waals surface area (Å²) in [7, 11) is -3.01. The van der Waals surface area contributed by atoms with Gasteiger partial charge in [-0.2, -0.15) is 15.6 Å². The lowest BCUT2D eigenvalue weighted by Gasteiger charge is -2.57. The summed E-state index contributed by atoms with van der Waals surface area (Å²) in [5.41, 5.74) is 2.07. The summed E-state index contributed by atoms with van der Waals surface area (Å²) in [6.45, 7) is 15.7. The van der Waals surface area contributed by atoms with E-state index in [0.717, 1.165) is 17.0 Å². The summed E-state index contributed by atoms with van der Waals surface area (Å²) in [4.78, 5) is 9.20. The average molecular weight is 580 g/mol. The van der Waals surface area contributed by atoms with Gasteiger partial charge in [-0.25, -0.2) is 15.0 Å². The number of halogens is 1.